The predicted molar refractivity (Wildman–Crippen MR) is 176 cm³/mol. The zero-order valence-corrected chi connectivity index (χ0v) is 27.0. The van der Waals surface area contributed by atoms with Crippen molar-refractivity contribution in [2.24, 2.45) is 0 Å². The van der Waals surface area contributed by atoms with Crippen molar-refractivity contribution < 1.29 is 22.7 Å². The van der Waals surface area contributed by atoms with E-state index in [2.05, 4.69) is 10.0 Å². The molecule has 0 fully saturated rings. The van der Waals surface area contributed by atoms with E-state index in [9.17, 15) is 18.0 Å². The molecule has 2 amide bonds. The lowest BCUT2D eigenvalue weighted by atomic mass is 10.0. The minimum absolute atomic E-state index is 0.124. The maximum atomic E-state index is 14.0. The molecule has 0 radical (unpaired) electrons. The van der Waals surface area contributed by atoms with Crippen molar-refractivity contribution >= 4 is 33.4 Å². The number of hydrogen-bond acceptors (Lipinski definition) is 5. The van der Waals surface area contributed by atoms with Gasteiger partial charge in [-0.25, -0.2) is 13.1 Å². The predicted octanol–water partition coefficient (Wildman–Crippen LogP) is 5.54. The molecule has 0 aliphatic rings. The highest BCUT2D eigenvalue weighted by Gasteiger charge is 2.30. The van der Waals surface area contributed by atoms with Crippen LogP contribution in [0.5, 0.6) is 5.75 Å². The minimum Gasteiger partial charge on any atom is -0.497 e. The highest BCUT2D eigenvalue weighted by molar-refractivity contribution is 7.89. The van der Waals surface area contributed by atoms with E-state index in [1.165, 1.54) is 12.1 Å². The lowest BCUT2D eigenvalue weighted by Crippen LogP contribution is -2.50. The molecular formula is C35H38ClN3O5S. The Bertz CT molecular complexity index is 1660. The first-order valence-corrected chi connectivity index (χ1v) is 16.6. The molecule has 4 aromatic rings. The smallest absolute Gasteiger partial charge is 0.243 e. The van der Waals surface area contributed by atoms with Crippen LogP contribution in [0.2, 0.25) is 5.02 Å². The summed E-state index contributed by atoms with van der Waals surface area (Å²) in [5.74, 6) is 0.192. The van der Waals surface area contributed by atoms with Crippen molar-refractivity contribution in [1.82, 2.24) is 14.9 Å². The molecule has 1 atom stereocenters. The van der Waals surface area contributed by atoms with Crippen molar-refractivity contribution in [2.75, 3.05) is 13.7 Å². The highest BCUT2D eigenvalue weighted by Crippen LogP contribution is 2.20. The molecular weight excluding hydrogens is 610 g/mol. The number of methoxy groups -OCH3 is 1. The summed E-state index contributed by atoms with van der Waals surface area (Å²) in [4.78, 5) is 29.7. The average Bonchev–Trinajstić information content (AvgIpc) is 3.05. The van der Waals surface area contributed by atoms with Crippen LogP contribution in [0.25, 0.3) is 0 Å². The first-order chi connectivity index (χ1) is 21.7. The summed E-state index contributed by atoms with van der Waals surface area (Å²) >= 11 is 6.35. The van der Waals surface area contributed by atoms with Gasteiger partial charge in [-0.05, 0) is 59.0 Å². The van der Waals surface area contributed by atoms with Crippen molar-refractivity contribution in [3.8, 4) is 5.75 Å². The monoisotopic (exact) mass is 647 g/mol. The molecule has 0 unspecified atom stereocenters. The Hall–Kier alpha value is -4.18. The molecule has 0 spiro atoms. The van der Waals surface area contributed by atoms with Crippen LogP contribution in [0.1, 0.15) is 35.6 Å². The molecule has 0 bridgehead atoms. The van der Waals surface area contributed by atoms with Crippen LogP contribution in [0.15, 0.2) is 108 Å². The van der Waals surface area contributed by atoms with Gasteiger partial charge < -0.3 is 15.0 Å². The van der Waals surface area contributed by atoms with Gasteiger partial charge in [0.1, 0.15) is 11.8 Å². The summed E-state index contributed by atoms with van der Waals surface area (Å²) in [5, 5.41) is 3.55. The van der Waals surface area contributed by atoms with E-state index in [-0.39, 0.29) is 36.2 Å². The summed E-state index contributed by atoms with van der Waals surface area (Å²) in [5.41, 5.74) is 3.35. The minimum atomic E-state index is -3.58. The number of nitrogens with one attached hydrogen (secondary N) is 2. The summed E-state index contributed by atoms with van der Waals surface area (Å²) in [7, 11) is -1.99. The normalized spacial score (nSPS) is 11.9. The maximum absolute atomic E-state index is 14.0. The third-order valence-electron chi connectivity index (χ3n) is 7.39. The summed E-state index contributed by atoms with van der Waals surface area (Å²) in [6.07, 6.45) is 0.811. The second kappa shape index (κ2) is 16.2. The lowest BCUT2D eigenvalue weighted by molar-refractivity contribution is -0.141. The molecule has 4 rings (SSSR count). The molecule has 45 heavy (non-hydrogen) atoms. The van der Waals surface area contributed by atoms with Crippen LogP contribution in [0, 0.1) is 0 Å². The Kier molecular flexibility index (Phi) is 12.2. The fourth-order valence-corrected chi connectivity index (χ4v) is 6.17. The van der Waals surface area contributed by atoms with E-state index in [0.29, 0.717) is 30.2 Å². The van der Waals surface area contributed by atoms with Gasteiger partial charge in [0.25, 0.3) is 0 Å². The van der Waals surface area contributed by atoms with Gasteiger partial charge in [-0.15, -0.1) is 0 Å². The van der Waals surface area contributed by atoms with Gasteiger partial charge in [0, 0.05) is 37.5 Å². The van der Waals surface area contributed by atoms with E-state index in [4.69, 9.17) is 16.3 Å². The number of aryl methyl sites for hydroxylation is 1. The molecule has 0 aliphatic carbocycles. The van der Waals surface area contributed by atoms with Crippen LogP contribution >= 0.6 is 11.6 Å². The second-order valence-electron chi connectivity index (χ2n) is 10.5. The number of sulfonamides is 1. The Morgan fingerprint density at radius 3 is 2.13 bits per heavy atom. The summed E-state index contributed by atoms with van der Waals surface area (Å²) < 4.78 is 32.5. The molecule has 0 aliphatic heterocycles. The quantitative estimate of drug-likeness (QED) is 0.176. The molecule has 4 aromatic carbocycles. The van der Waals surface area contributed by atoms with Crippen molar-refractivity contribution in [3.05, 3.63) is 130 Å². The number of halogens is 1. The first-order valence-electron chi connectivity index (χ1n) is 14.8. The Balaban J connectivity index is 1.60. The largest absolute Gasteiger partial charge is 0.497 e. The number of nitrogens with zero attached hydrogens (tertiary/aromatic N) is 1. The highest BCUT2D eigenvalue weighted by atomic mass is 35.5. The van der Waals surface area contributed by atoms with Crippen LogP contribution < -0.4 is 14.8 Å². The maximum Gasteiger partial charge on any atom is 0.243 e. The van der Waals surface area contributed by atoms with Crippen LogP contribution in [-0.2, 0) is 45.5 Å². The van der Waals surface area contributed by atoms with E-state index >= 15 is 0 Å². The van der Waals surface area contributed by atoms with Gasteiger partial charge in [-0.2, -0.15) is 0 Å². The van der Waals surface area contributed by atoms with Gasteiger partial charge >= 0.3 is 0 Å². The second-order valence-corrected chi connectivity index (χ2v) is 12.7. The van der Waals surface area contributed by atoms with Crippen molar-refractivity contribution in [1.29, 1.82) is 0 Å². The molecule has 0 aromatic heterocycles. The third-order valence-corrected chi connectivity index (χ3v) is 9.32. The average molecular weight is 648 g/mol. The Morgan fingerprint density at radius 1 is 0.844 bits per heavy atom. The van der Waals surface area contributed by atoms with Gasteiger partial charge in [0.05, 0.1) is 12.0 Å². The number of rotatable bonds is 15. The fourth-order valence-electron chi connectivity index (χ4n) is 4.93. The fraction of sp³-hybridized carbons (Fsp3) is 0.257. The van der Waals surface area contributed by atoms with Crippen LogP contribution in [0.4, 0.5) is 0 Å². The molecule has 0 saturated heterocycles. The number of carbonyl (C=O) groups is 2. The topological polar surface area (TPSA) is 105 Å². The molecule has 0 heterocycles. The van der Waals surface area contributed by atoms with Gasteiger partial charge in [0.2, 0.25) is 21.8 Å². The SMILES string of the molecule is CCNS(=O)(=O)c1ccc(CCC(=O)N(Cc2ccc(OC)cc2)[C@H](Cc2ccccc2)C(=O)NCc2ccccc2Cl)cc1. The van der Waals surface area contributed by atoms with E-state index in [0.717, 1.165) is 22.3 Å². The number of carbonyl (C=O) groups excluding carboxylic acids is 2. The zero-order valence-electron chi connectivity index (χ0n) is 25.4. The molecule has 10 heteroatoms. The number of amides is 2. The summed E-state index contributed by atoms with van der Waals surface area (Å²) in [6.45, 7) is 2.44. The van der Waals surface area contributed by atoms with Gasteiger partial charge in [-0.3, -0.25) is 9.59 Å². The van der Waals surface area contributed by atoms with Crippen LogP contribution in [-0.4, -0.2) is 44.8 Å². The molecule has 236 valence electrons. The number of ether oxygens (including phenoxy) is 1. The molecule has 2 N–H and O–H groups in total. The Labute approximate surface area is 270 Å². The zero-order chi connectivity index (χ0) is 32.2. The lowest BCUT2D eigenvalue weighted by Gasteiger charge is -2.32. The summed E-state index contributed by atoms with van der Waals surface area (Å²) in [6, 6.07) is 30.0. The van der Waals surface area contributed by atoms with Crippen LogP contribution in [0.3, 0.4) is 0 Å². The van der Waals surface area contributed by atoms with E-state index in [1.54, 1.807) is 37.1 Å². The Morgan fingerprint density at radius 2 is 1.49 bits per heavy atom. The first kappa shape index (κ1) is 33.7. The number of benzene rings is 4. The standard InChI is InChI=1S/C35H38ClN3O5S/c1-3-38-45(42,43)31-20-15-26(16-21-31)17-22-34(40)39(25-28-13-18-30(44-2)19-14-28)33(23-27-9-5-4-6-10-27)35(41)37-24-29-11-7-8-12-32(29)36/h4-16,18-21,33,38H,3,17,22-25H2,1-2H3,(H,37,41)/t33-/m1/s1. The van der Waals surface area contributed by atoms with E-state index < -0.39 is 16.1 Å². The van der Waals surface area contributed by atoms with Gasteiger partial charge in [-0.1, -0.05) is 91.3 Å². The van der Waals surface area contributed by atoms with Crippen molar-refractivity contribution in [2.45, 2.75) is 50.2 Å². The third kappa shape index (κ3) is 9.65. The molecule has 8 nitrogen and oxygen atoms in total. The molecule has 0 saturated carbocycles. The van der Waals surface area contributed by atoms with Gasteiger partial charge in [0.15, 0.2) is 0 Å². The van der Waals surface area contributed by atoms with E-state index in [1.807, 2.05) is 72.8 Å². The van der Waals surface area contributed by atoms with Crippen molar-refractivity contribution in [3.63, 3.8) is 0 Å². The number of hydrogen-bond donors (Lipinski definition) is 2.